The van der Waals surface area contributed by atoms with Crippen LogP contribution in [0.2, 0.25) is 5.02 Å². The molecule has 1 amide bonds. The van der Waals surface area contributed by atoms with E-state index in [1.807, 2.05) is 18.7 Å². The summed E-state index contributed by atoms with van der Waals surface area (Å²) >= 11 is 5.87. The van der Waals surface area contributed by atoms with Gasteiger partial charge >= 0.3 is 0 Å². The van der Waals surface area contributed by atoms with Crippen LogP contribution in [-0.2, 0) is 4.79 Å². The van der Waals surface area contributed by atoms with Gasteiger partial charge in [-0.3, -0.25) is 4.79 Å². The van der Waals surface area contributed by atoms with E-state index in [-0.39, 0.29) is 22.9 Å². The Morgan fingerprint density at radius 2 is 2.09 bits per heavy atom. The number of nitrogens with one attached hydrogen (secondary N) is 1. The van der Waals surface area contributed by atoms with Crippen LogP contribution in [0.5, 0.6) is 0 Å². The zero-order chi connectivity index (χ0) is 17.1. The number of carbonyl (C=O) groups excluding carboxylic acids is 1. The van der Waals surface area contributed by atoms with Gasteiger partial charge in [0.1, 0.15) is 5.82 Å². The highest BCUT2D eigenvalue weighted by atomic mass is 35.5. The van der Waals surface area contributed by atoms with Crippen molar-refractivity contribution in [2.24, 2.45) is 11.8 Å². The first kappa shape index (κ1) is 18.2. The van der Waals surface area contributed by atoms with Crippen molar-refractivity contribution >= 4 is 17.5 Å². The first-order chi connectivity index (χ1) is 10.8. The molecule has 1 aromatic carbocycles. The van der Waals surface area contributed by atoms with Gasteiger partial charge in [-0.25, -0.2) is 4.39 Å². The van der Waals surface area contributed by atoms with Gasteiger partial charge in [0.15, 0.2) is 0 Å². The number of carbonyl (C=O) groups is 1. The van der Waals surface area contributed by atoms with Gasteiger partial charge in [0.05, 0.1) is 5.02 Å². The number of hydrogen-bond donors (Lipinski definition) is 1. The molecule has 5 heteroatoms. The molecule has 0 spiro atoms. The molecule has 1 aliphatic heterocycles. The van der Waals surface area contributed by atoms with E-state index in [1.54, 1.807) is 12.1 Å². The Labute approximate surface area is 143 Å². The molecule has 1 saturated heterocycles. The average Bonchev–Trinajstić information content (AvgIpc) is 2.51. The van der Waals surface area contributed by atoms with Crippen LogP contribution in [0.25, 0.3) is 0 Å². The van der Waals surface area contributed by atoms with Crippen LogP contribution in [0, 0.1) is 17.7 Å². The lowest BCUT2D eigenvalue weighted by Gasteiger charge is -2.39. The number of halogens is 2. The molecule has 1 fully saturated rings. The normalized spacial score (nSPS) is 23.2. The highest BCUT2D eigenvalue weighted by Crippen LogP contribution is 2.24. The van der Waals surface area contributed by atoms with Gasteiger partial charge in [0.2, 0.25) is 5.91 Å². The predicted molar refractivity (Wildman–Crippen MR) is 91.9 cm³/mol. The first-order valence-corrected chi connectivity index (χ1v) is 8.67. The van der Waals surface area contributed by atoms with E-state index >= 15 is 0 Å². The Morgan fingerprint density at radius 3 is 2.65 bits per heavy atom. The fraction of sp³-hybridized carbons (Fsp3) is 0.611. The van der Waals surface area contributed by atoms with Crippen LogP contribution >= 0.6 is 11.6 Å². The fourth-order valence-corrected chi connectivity index (χ4v) is 3.35. The lowest BCUT2D eigenvalue weighted by atomic mass is 9.91. The maximum atomic E-state index is 13.3. The van der Waals surface area contributed by atoms with Gasteiger partial charge in [-0.1, -0.05) is 38.4 Å². The quantitative estimate of drug-likeness (QED) is 0.897. The van der Waals surface area contributed by atoms with E-state index in [0.29, 0.717) is 12.0 Å². The number of piperidine rings is 1. The molecule has 3 nitrogen and oxygen atoms in total. The molecular weight excluding hydrogens is 315 g/mol. The van der Waals surface area contributed by atoms with E-state index in [9.17, 15) is 9.18 Å². The number of hydrogen-bond acceptors (Lipinski definition) is 2. The van der Waals surface area contributed by atoms with E-state index < -0.39 is 5.82 Å². The van der Waals surface area contributed by atoms with Crippen molar-refractivity contribution in [3.63, 3.8) is 0 Å². The Morgan fingerprint density at radius 1 is 1.39 bits per heavy atom. The number of nitrogens with zero attached hydrogens (tertiary/aromatic N) is 1. The highest BCUT2D eigenvalue weighted by molar-refractivity contribution is 6.30. The van der Waals surface area contributed by atoms with Crippen molar-refractivity contribution in [1.29, 1.82) is 0 Å². The lowest BCUT2D eigenvalue weighted by molar-refractivity contribution is -0.136. The van der Waals surface area contributed by atoms with Gasteiger partial charge in [-0.05, 0) is 37.0 Å². The van der Waals surface area contributed by atoms with Crippen molar-refractivity contribution < 1.29 is 9.18 Å². The minimum Gasteiger partial charge on any atom is -0.342 e. The molecule has 3 atom stereocenters. The summed E-state index contributed by atoms with van der Waals surface area (Å²) < 4.78 is 13.3. The topological polar surface area (TPSA) is 32.3 Å². The SMILES string of the molecule is CC(C)C(=O)N1CCC(NC(C)c2ccc(F)c(Cl)c2)C(C)C1. The largest absolute Gasteiger partial charge is 0.342 e. The molecule has 2 rings (SSSR count). The number of likely N-dealkylation sites (tertiary alicyclic amines) is 1. The Bertz CT molecular complexity index is 564. The van der Waals surface area contributed by atoms with Crippen LogP contribution in [0.1, 0.15) is 45.7 Å². The van der Waals surface area contributed by atoms with Gasteiger partial charge in [0, 0.05) is 31.1 Å². The molecule has 1 N–H and O–H groups in total. The Kier molecular flexibility index (Phi) is 6.04. The molecule has 1 heterocycles. The monoisotopic (exact) mass is 340 g/mol. The van der Waals surface area contributed by atoms with E-state index in [2.05, 4.69) is 19.2 Å². The molecule has 3 unspecified atom stereocenters. The van der Waals surface area contributed by atoms with Gasteiger partial charge in [-0.2, -0.15) is 0 Å². The van der Waals surface area contributed by atoms with Crippen LogP contribution in [-0.4, -0.2) is 29.9 Å². The van der Waals surface area contributed by atoms with E-state index in [4.69, 9.17) is 11.6 Å². The molecule has 0 radical (unpaired) electrons. The van der Waals surface area contributed by atoms with Crippen LogP contribution in [0.4, 0.5) is 4.39 Å². The molecule has 128 valence electrons. The summed E-state index contributed by atoms with van der Waals surface area (Å²) in [6, 6.07) is 5.28. The molecule has 0 aliphatic carbocycles. The maximum absolute atomic E-state index is 13.3. The molecule has 23 heavy (non-hydrogen) atoms. The van der Waals surface area contributed by atoms with E-state index in [1.165, 1.54) is 6.07 Å². The average molecular weight is 341 g/mol. The summed E-state index contributed by atoms with van der Waals surface area (Å²) in [5, 5.41) is 3.76. The molecule has 0 saturated carbocycles. The minimum absolute atomic E-state index is 0.0481. The van der Waals surface area contributed by atoms with Crippen molar-refractivity contribution in [3.8, 4) is 0 Å². The number of benzene rings is 1. The molecule has 1 aromatic rings. The first-order valence-electron chi connectivity index (χ1n) is 8.29. The smallest absolute Gasteiger partial charge is 0.225 e. The third-order valence-electron chi connectivity index (χ3n) is 4.62. The summed E-state index contributed by atoms with van der Waals surface area (Å²) in [7, 11) is 0. The van der Waals surface area contributed by atoms with Crippen molar-refractivity contribution in [2.75, 3.05) is 13.1 Å². The summed E-state index contributed by atoms with van der Waals surface area (Å²) in [5.74, 6) is 0.266. The third kappa shape index (κ3) is 4.45. The highest BCUT2D eigenvalue weighted by Gasteiger charge is 2.30. The Hall–Kier alpha value is -1.13. The molecular formula is C18H26ClFN2O. The third-order valence-corrected chi connectivity index (χ3v) is 4.91. The standard InChI is InChI=1S/C18H26ClFN2O/c1-11(2)18(23)22-8-7-17(12(3)10-22)21-13(4)14-5-6-16(20)15(19)9-14/h5-6,9,11-13,17,21H,7-8,10H2,1-4H3. The van der Waals surface area contributed by atoms with Crippen LogP contribution in [0.3, 0.4) is 0 Å². The lowest BCUT2D eigenvalue weighted by Crippen LogP contribution is -2.51. The zero-order valence-electron chi connectivity index (χ0n) is 14.3. The fourth-order valence-electron chi connectivity index (χ4n) is 3.16. The second-order valence-electron chi connectivity index (χ2n) is 6.87. The summed E-state index contributed by atoms with van der Waals surface area (Å²) in [6.45, 7) is 9.68. The summed E-state index contributed by atoms with van der Waals surface area (Å²) in [4.78, 5) is 14.1. The van der Waals surface area contributed by atoms with E-state index in [0.717, 1.165) is 25.1 Å². The maximum Gasteiger partial charge on any atom is 0.225 e. The molecule has 0 bridgehead atoms. The Balaban J connectivity index is 1.96. The summed E-state index contributed by atoms with van der Waals surface area (Å²) in [6.07, 6.45) is 0.929. The van der Waals surface area contributed by atoms with Gasteiger partial charge in [0.25, 0.3) is 0 Å². The zero-order valence-corrected chi connectivity index (χ0v) is 15.0. The van der Waals surface area contributed by atoms with Crippen LogP contribution in [0.15, 0.2) is 18.2 Å². The van der Waals surface area contributed by atoms with Gasteiger partial charge in [-0.15, -0.1) is 0 Å². The summed E-state index contributed by atoms with van der Waals surface area (Å²) in [5.41, 5.74) is 0.976. The van der Waals surface area contributed by atoms with Crippen LogP contribution < -0.4 is 5.32 Å². The number of amides is 1. The predicted octanol–water partition coefficient (Wildman–Crippen LogP) is 4.02. The number of rotatable bonds is 4. The minimum atomic E-state index is -0.392. The van der Waals surface area contributed by atoms with Gasteiger partial charge < -0.3 is 10.2 Å². The van der Waals surface area contributed by atoms with Crippen molar-refractivity contribution in [2.45, 2.75) is 46.2 Å². The second kappa shape index (κ2) is 7.63. The second-order valence-corrected chi connectivity index (χ2v) is 7.28. The molecule has 0 aromatic heterocycles. The van der Waals surface area contributed by atoms with Crippen molar-refractivity contribution in [1.82, 2.24) is 10.2 Å². The molecule has 1 aliphatic rings. The van der Waals surface area contributed by atoms with Crippen molar-refractivity contribution in [3.05, 3.63) is 34.6 Å².